The van der Waals surface area contributed by atoms with Crippen LogP contribution in [0.3, 0.4) is 0 Å². The maximum absolute atomic E-state index is 12.0. The molecule has 0 heterocycles. The number of aromatic hydroxyl groups is 1. The third kappa shape index (κ3) is 2.75. The topological polar surface area (TPSA) is 73.1 Å². The number of nitriles is 1. The zero-order chi connectivity index (χ0) is 13.1. The monoisotopic (exact) mass is 356 g/mol. The molecule has 2 N–H and O–H groups in total. The number of nitrogens with zero attached hydrogens (tertiary/aromatic N) is 1. The predicted molar refractivity (Wildman–Crippen MR) is 75.0 cm³/mol. The van der Waals surface area contributed by atoms with E-state index in [4.69, 9.17) is 5.26 Å². The van der Waals surface area contributed by atoms with Gasteiger partial charge in [-0.2, -0.15) is 5.26 Å². The van der Waals surface area contributed by atoms with E-state index in [1.54, 1.807) is 12.1 Å². The van der Waals surface area contributed by atoms with Gasteiger partial charge in [0.2, 0.25) is 0 Å². The highest BCUT2D eigenvalue weighted by molar-refractivity contribution is 14.1. The van der Waals surface area contributed by atoms with Crippen molar-refractivity contribution in [3.63, 3.8) is 0 Å². The molecule has 1 aliphatic rings. The molecular weight excluding hydrogens is 343 g/mol. The van der Waals surface area contributed by atoms with Crippen molar-refractivity contribution in [2.75, 3.05) is 0 Å². The Balaban J connectivity index is 2.08. The first-order chi connectivity index (χ1) is 8.61. The van der Waals surface area contributed by atoms with Crippen LogP contribution >= 0.6 is 22.6 Å². The maximum atomic E-state index is 12.0. The number of phenols is 1. The van der Waals surface area contributed by atoms with Gasteiger partial charge < -0.3 is 10.4 Å². The van der Waals surface area contributed by atoms with E-state index in [0.29, 0.717) is 9.13 Å². The number of rotatable bonds is 2. The van der Waals surface area contributed by atoms with Crippen LogP contribution in [0.2, 0.25) is 0 Å². The number of benzene rings is 1. The Morgan fingerprint density at radius 3 is 2.94 bits per heavy atom. The highest BCUT2D eigenvalue weighted by Gasteiger charge is 2.28. The van der Waals surface area contributed by atoms with Gasteiger partial charge in [-0.1, -0.05) is 0 Å². The summed E-state index contributed by atoms with van der Waals surface area (Å²) in [6.07, 6.45) is 2.67. The average Bonchev–Trinajstić information content (AvgIpc) is 2.79. The summed E-state index contributed by atoms with van der Waals surface area (Å²) in [6, 6.07) is 6.98. The summed E-state index contributed by atoms with van der Waals surface area (Å²) in [6.45, 7) is 0. The van der Waals surface area contributed by atoms with Gasteiger partial charge in [0, 0.05) is 11.6 Å². The van der Waals surface area contributed by atoms with Gasteiger partial charge in [-0.3, -0.25) is 4.79 Å². The molecule has 0 radical (unpaired) electrons. The van der Waals surface area contributed by atoms with Gasteiger partial charge >= 0.3 is 0 Å². The zero-order valence-electron chi connectivity index (χ0n) is 9.69. The lowest BCUT2D eigenvalue weighted by Gasteiger charge is -2.15. The zero-order valence-corrected chi connectivity index (χ0v) is 11.8. The average molecular weight is 356 g/mol. The molecule has 0 spiro atoms. The van der Waals surface area contributed by atoms with Crippen molar-refractivity contribution in [2.24, 2.45) is 5.92 Å². The van der Waals surface area contributed by atoms with E-state index in [1.807, 2.05) is 22.6 Å². The maximum Gasteiger partial charge on any atom is 0.251 e. The first kappa shape index (κ1) is 13.1. The molecule has 4 nitrogen and oxygen atoms in total. The van der Waals surface area contributed by atoms with Gasteiger partial charge in [0.1, 0.15) is 5.75 Å². The fraction of sp³-hybridized carbons (Fsp3) is 0.385. The van der Waals surface area contributed by atoms with Crippen molar-refractivity contribution in [3.8, 4) is 11.8 Å². The molecule has 1 aliphatic carbocycles. The molecule has 2 rings (SSSR count). The van der Waals surface area contributed by atoms with E-state index in [0.717, 1.165) is 19.3 Å². The van der Waals surface area contributed by atoms with Gasteiger partial charge in [0.15, 0.2) is 0 Å². The molecule has 0 aromatic heterocycles. The number of halogens is 1. The van der Waals surface area contributed by atoms with Crippen LogP contribution in [0.5, 0.6) is 5.75 Å². The van der Waals surface area contributed by atoms with Crippen LogP contribution in [0.1, 0.15) is 29.6 Å². The molecule has 18 heavy (non-hydrogen) atoms. The largest absolute Gasteiger partial charge is 0.507 e. The van der Waals surface area contributed by atoms with Crippen molar-refractivity contribution in [2.45, 2.75) is 25.3 Å². The normalized spacial score (nSPS) is 22.4. The minimum Gasteiger partial charge on any atom is -0.507 e. The molecular formula is C13H13IN2O2. The first-order valence-electron chi connectivity index (χ1n) is 5.81. The van der Waals surface area contributed by atoms with Crippen LogP contribution in [0.15, 0.2) is 18.2 Å². The Hall–Kier alpha value is -1.29. The Bertz CT molecular complexity index is 510. The lowest BCUT2D eigenvalue weighted by Crippen LogP contribution is -2.36. The molecule has 5 heteroatoms. The standard InChI is InChI=1S/C13H13IN2O2/c14-10-5-4-8(6-12(10)17)13(18)16-11-3-1-2-9(11)7-15/h4-6,9,11,17H,1-3H2,(H,16,18). The van der Waals surface area contributed by atoms with Crippen LogP contribution in [0.4, 0.5) is 0 Å². The molecule has 2 atom stereocenters. The number of carbonyl (C=O) groups is 1. The van der Waals surface area contributed by atoms with Gasteiger partial charge in [-0.15, -0.1) is 0 Å². The van der Waals surface area contributed by atoms with Crippen LogP contribution in [-0.4, -0.2) is 17.1 Å². The minimum absolute atomic E-state index is 0.0658. The number of amides is 1. The van der Waals surface area contributed by atoms with Crippen molar-refractivity contribution < 1.29 is 9.90 Å². The lowest BCUT2D eigenvalue weighted by molar-refractivity contribution is 0.0932. The van der Waals surface area contributed by atoms with Gasteiger partial charge in [-0.25, -0.2) is 0 Å². The van der Waals surface area contributed by atoms with Crippen LogP contribution in [0.25, 0.3) is 0 Å². The molecule has 0 aliphatic heterocycles. The fourth-order valence-electron chi connectivity index (χ4n) is 2.19. The summed E-state index contributed by atoms with van der Waals surface area (Å²) in [5.41, 5.74) is 0.427. The third-order valence-corrected chi connectivity index (χ3v) is 4.12. The van der Waals surface area contributed by atoms with E-state index in [1.165, 1.54) is 6.07 Å². The van der Waals surface area contributed by atoms with E-state index < -0.39 is 0 Å². The van der Waals surface area contributed by atoms with E-state index in [9.17, 15) is 9.90 Å². The van der Waals surface area contributed by atoms with E-state index in [-0.39, 0.29) is 23.6 Å². The smallest absolute Gasteiger partial charge is 0.251 e. The summed E-state index contributed by atoms with van der Waals surface area (Å²) in [7, 11) is 0. The first-order valence-corrected chi connectivity index (χ1v) is 6.88. The molecule has 94 valence electrons. The predicted octanol–water partition coefficient (Wildman–Crippen LogP) is 2.42. The van der Waals surface area contributed by atoms with E-state index in [2.05, 4.69) is 11.4 Å². The molecule has 1 aromatic carbocycles. The third-order valence-electron chi connectivity index (χ3n) is 3.21. The second kappa shape index (κ2) is 5.57. The second-order valence-electron chi connectivity index (χ2n) is 4.41. The van der Waals surface area contributed by atoms with Gasteiger partial charge in [0.25, 0.3) is 5.91 Å². The summed E-state index contributed by atoms with van der Waals surface area (Å²) in [5, 5.41) is 21.4. The van der Waals surface area contributed by atoms with Gasteiger partial charge in [0.05, 0.1) is 15.6 Å². The molecule has 1 saturated carbocycles. The summed E-state index contributed by atoms with van der Waals surface area (Å²) < 4.78 is 0.708. The summed E-state index contributed by atoms with van der Waals surface area (Å²) >= 11 is 2.00. The number of nitrogens with one attached hydrogen (secondary N) is 1. The van der Waals surface area contributed by atoms with Crippen LogP contribution in [0, 0.1) is 20.8 Å². The molecule has 0 saturated heterocycles. The molecule has 2 unspecified atom stereocenters. The molecule has 1 amide bonds. The Kier molecular flexibility index (Phi) is 4.07. The molecule has 0 bridgehead atoms. The highest BCUT2D eigenvalue weighted by Crippen LogP contribution is 2.26. The lowest BCUT2D eigenvalue weighted by atomic mass is 10.1. The number of carbonyl (C=O) groups excluding carboxylic acids is 1. The highest BCUT2D eigenvalue weighted by atomic mass is 127. The summed E-state index contributed by atoms with van der Waals surface area (Å²) in [4.78, 5) is 12.0. The second-order valence-corrected chi connectivity index (χ2v) is 5.57. The number of hydrogen-bond acceptors (Lipinski definition) is 3. The summed E-state index contributed by atoms with van der Waals surface area (Å²) in [5.74, 6) is -0.216. The van der Waals surface area contributed by atoms with Crippen molar-refractivity contribution >= 4 is 28.5 Å². The van der Waals surface area contributed by atoms with Crippen molar-refractivity contribution in [3.05, 3.63) is 27.3 Å². The van der Waals surface area contributed by atoms with Crippen molar-refractivity contribution in [1.82, 2.24) is 5.32 Å². The van der Waals surface area contributed by atoms with Crippen LogP contribution in [-0.2, 0) is 0 Å². The number of phenolic OH excluding ortho intramolecular Hbond substituents is 1. The molecule has 1 aromatic rings. The Labute approximate surface area is 119 Å². The quantitative estimate of drug-likeness (QED) is 0.800. The van der Waals surface area contributed by atoms with E-state index >= 15 is 0 Å². The van der Waals surface area contributed by atoms with Crippen LogP contribution < -0.4 is 5.32 Å². The fourth-order valence-corrected chi connectivity index (χ4v) is 2.53. The molecule has 1 fully saturated rings. The Morgan fingerprint density at radius 2 is 2.28 bits per heavy atom. The van der Waals surface area contributed by atoms with Crippen molar-refractivity contribution in [1.29, 1.82) is 5.26 Å². The minimum atomic E-state index is -0.228. The number of hydrogen-bond donors (Lipinski definition) is 2. The Morgan fingerprint density at radius 1 is 1.50 bits per heavy atom. The van der Waals surface area contributed by atoms with Gasteiger partial charge in [-0.05, 0) is 60.1 Å². The SMILES string of the molecule is N#CC1CCCC1NC(=O)c1ccc(I)c(O)c1.